The van der Waals surface area contributed by atoms with E-state index in [9.17, 15) is 0 Å². The maximum atomic E-state index is 4.77. The summed E-state index contributed by atoms with van der Waals surface area (Å²) >= 11 is 0. The molecular formula is C16H16N2. The van der Waals surface area contributed by atoms with Crippen molar-refractivity contribution in [1.82, 2.24) is 9.97 Å². The van der Waals surface area contributed by atoms with Gasteiger partial charge in [-0.15, -0.1) is 0 Å². The third kappa shape index (κ3) is 1.74. The van der Waals surface area contributed by atoms with Crippen molar-refractivity contribution < 1.29 is 0 Å². The molecule has 0 N–H and O–H groups in total. The van der Waals surface area contributed by atoms with Crippen LogP contribution in [0.15, 0.2) is 36.5 Å². The Hall–Kier alpha value is -1.96. The Balaban J connectivity index is 2.36. The average molecular weight is 236 g/mol. The first-order valence-electron chi connectivity index (χ1n) is 6.49. The van der Waals surface area contributed by atoms with E-state index in [1.54, 1.807) is 0 Å². The summed E-state index contributed by atoms with van der Waals surface area (Å²) in [5, 5.41) is 2.39. The fourth-order valence-corrected chi connectivity index (χ4v) is 2.44. The molecule has 0 unspecified atom stereocenters. The number of aromatic nitrogens is 2. The highest BCUT2D eigenvalue weighted by molar-refractivity contribution is 5.94. The highest BCUT2D eigenvalue weighted by atomic mass is 14.7. The molecule has 3 rings (SSSR count). The first kappa shape index (κ1) is 11.1. The standard InChI is InChI=1S/C16H16N2/c1-3-11-8-13-9-12-6-5-7-17-15(12)10-16(13)18-14(11)4-2/h5-10H,3-4H2,1-2H3. The maximum absolute atomic E-state index is 4.77. The topological polar surface area (TPSA) is 25.8 Å². The van der Waals surface area contributed by atoms with E-state index >= 15 is 0 Å². The van der Waals surface area contributed by atoms with Crippen molar-refractivity contribution in [3.05, 3.63) is 47.8 Å². The molecule has 2 nitrogen and oxygen atoms in total. The minimum absolute atomic E-state index is 0.985. The lowest BCUT2D eigenvalue weighted by molar-refractivity contribution is 0.982. The maximum Gasteiger partial charge on any atom is 0.0727 e. The van der Waals surface area contributed by atoms with Gasteiger partial charge in [0.2, 0.25) is 0 Å². The Morgan fingerprint density at radius 1 is 0.944 bits per heavy atom. The number of fused-ring (bicyclic) bond motifs is 2. The molecule has 1 aromatic carbocycles. The lowest BCUT2D eigenvalue weighted by Crippen LogP contribution is -1.96. The molecule has 0 aliphatic carbocycles. The van der Waals surface area contributed by atoms with Crippen LogP contribution < -0.4 is 0 Å². The molecular weight excluding hydrogens is 220 g/mol. The summed E-state index contributed by atoms with van der Waals surface area (Å²) in [7, 11) is 0. The summed E-state index contributed by atoms with van der Waals surface area (Å²) in [4.78, 5) is 9.16. The summed E-state index contributed by atoms with van der Waals surface area (Å²) in [5.41, 5.74) is 4.63. The molecule has 90 valence electrons. The van der Waals surface area contributed by atoms with E-state index in [0.717, 1.165) is 23.9 Å². The Morgan fingerprint density at radius 2 is 1.83 bits per heavy atom. The van der Waals surface area contributed by atoms with Gasteiger partial charge in [-0.1, -0.05) is 19.9 Å². The van der Waals surface area contributed by atoms with Crippen molar-refractivity contribution in [2.45, 2.75) is 26.7 Å². The number of hydrogen-bond donors (Lipinski definition) is 0. The molecule has 3 aromatic rings. The van der Waals surface area contributed by atoms with Crippen LogP contribution in [0.2, 0.25) is 0 Å². The zero-order chi connectivity index (χ0) is 12.5. The fraction of sp³-hybridized carbons (Fsp3) is 0.250. The molecule has 0 atom stereocenters. The van der Waals surface area contributed by atoms with Crippen molar-refractivity contribution in [3.63, 3.8) is 0 Å². The monoisotopic (exact) mass is 236 g/mol. The molecule has 0 saturated carbocycles. The smallest absolute Gasteiger partial charge is 0.0727 e. The Bertz CT molecular complexity index is 655. The van der Waals surface area contributed by atoms with E-state index in [2.05, 4.69) is 43.1 Å². The predicted molar refractivity (Wildman–Crippen MR) is 75.8 cm³/mol. The summed E-state index contributed by atoms with van der Waals surface area (Å²) in [6, 6.07) is 10.6. The predicted octanol–water partition coefficient (Wildman–Crippen LogP) is 3.91. The molecule has 0 radical (unpaired) electrons. The number of hydrogen-bond acceptors (Lipinski definition) is 2. The lowest BCUT2D eigenvalue weighted by atomic mass is 10.0. The van der Waals surface area contributed by atoms with Crippen molar-refractivity contribution >= 4 is 21.8 Å². The van der Waals surface area contributed by atoms with Gasteiger partial charge < -0.3 is 0 Å². The molecule has 0 aliphatic heterocycles. The third-order valence-corrected chi connectivity index (χ3v) is 3.42. The molecule has 0 amide bonds. The van der Waals surface area contributed by atoms with Gasteiger partial charge in [-0.05, 0) is 42.7 Å². The summed E-state index contributed by atoms with van der Waals surface area (Å²) in [6.07, 6.45) is 3.85. The van der Waals surface area contributed by atoms with E-state index < -0.39 is 0 Å². The molecule has 2 heterocycles. The fourth-order valence-electron chi connectivity index (χ4n) is 2.44. The normalized spacial score (nSPS) is 11.2. The van der Waals surface area contributed by atoms with Crippen LogP contribution in [0.25, 0.3) is 21.8 Å². The van der Waals surface area contributed by atoms with Gasteiger partial charge in [0.1, 0.15) is 0 Å². The van der Waals surface area contributed by atoms with Gasteiger partial charge in [0.25, 0.3) is 0 Å². The Labute approximate surface area is 107 Å². The van der Waals surface area contributed by atoms with E-state index in [1.807, 2.05) is 12.3 Å². The molecule has 0 saturated heterocycles. The quantitative estimate of drug-likeness (QED) is 0.630. The molecule has 18 heavy (non-hydrogen) atoms. The van der Waals surface area contributed by atoms with Crippen LogP contribution in [0.3, 0.4) is 0 Å². The van der Waals surface area contributed by atoms with Gasteiger partial charge in [-0.3, -0.25) is 9.97 Å². The van der Waals surface area contributed by atoms with E-state index in [-0.39, 0.29) is 0 Å². The molecule has 2 heteroatoms. The number of aryl methyl sites for hydroxylation is 2. The second-order valence-corrected chi connectivity index (χ2v) is 4.54. The van der Waals surface area contributed by atoms with Gasteiger partial charge in [0, 0.05) is 22.7 Å². The molecule has 2 aromatic heterocycles. The van der Waals surface area contributed by atoms with Crippen molar-refractivity contribution in [3.8, 4) is 0 Å². The minimum Gasteiger partial charge on any atom is -0.256 e. The van der Waals surface area contributed by atoms with Crippen LogP contribution in [0.5, 0.6) is 0 Å². The van der Waals surface area contributed by atoms with Crippen LogP contribution in [0, 0.1) is 0 Å². The van der Waals surface area contributed by atoms with Gasteiger partial charge in [0.15, 0.2) is 0 Å². The van der Waals surface area contributed by atoms with E-state index in [0.29, 0.717) is 0 Å². The van der Waals surface area contributed by atoms with Gasteiger partial charge in [-0.2, -0.15) is 0 Å². The Morgan fingerprint density at radius 3 is 2.61 bits per heavy atom. The highest BCUT2D eigenvalue weighted by Gasteiger charge is 2.05. The SMILES string of the molecule is CCc1cc2cc3cccnc3cc2nc1CC. The minimum atomic E-state index is 0.985. The number of rotatable bonds is 2. The first-order chi connectivity index (χ1) is 8.81. The summed E-state index contributed by atoms with van der Waals surface area (Å²) in [6.45, 7) is 4.34. The Kier molecular flexibility index (Phi) is 2.71. The van der Waals surface area contributed by atoms with Crippen LogP contribution in [-0.2, 0) is 12.8 Å². The molecule has 0 fully saturated rings. The van der Waals surface area contributed by atoms with Crippen LogP contribution in [0.4, 0.5) is 0 Å². The number of pyridine rings is 2. The van der Waals surface area contributed by atoms with E-state index in [4.69, 9.17) is 4.98 Å². The number of benzene rings is 1. The molecule has 0 aliphatic rings. The van der Waals surface area contributed by atoms with Crippen molar-refractivity contribution in [1.29, 1.82) is 0 Å². The number of nitrogens with zero attached hydrogens (tertiary/aromatic N) is 2. The van der Waals surface area contributed by atoms with Gasteiger partial charge in [0.05, 0.1) is 11.0 Å². The van der Waals surface area contributed by atoms with Gasteiger partial charge >= 0.3 is 0 Å². The summed E-state index contributed by atoms with van der Waals surface area (Å²) in [5.74, 6) is 0. The summed E-state index contributed by atoms with van der Waals surface area (Å²) < 4.78 is 0. The van der Waals surface area contributed by atoms with Crippen LogP contribution in [-0.4, -0.2) is 9.97 Å². The zero-order valence-corrected chi connectivity index (χ0v) is 10.8. The van der Waals surface area contributed by atoms with Crippen LogP contribution in [0.1, 0.15) is 25.1 Å². The van der Waals surface area contributed by atoms with E-state index in [1.165, 1.54) is 22.0 Å². The first-order valence-corrected chi connectivity index (χ1v) is 6.49. The third-order valence-electron chi connectivity index (χ3n) is 3.42. The lowest BCUT2D eigenvalue weighted by Gasteiger charge is -2.08. The molecule has 0 bridgehead atoms. The van der Waals surface area contributed by atoms with Crippen molar-refractivity contribution in [2.75, 3.05) is 0 Å². The second-order valence-electron chi connectivity index (χ2n) is 4.54. The van der Waals surface area contributed by atoms with Gasteiger partial charge in [-0.25, -0.2) is 0 Å². The van der Waals surface area contributed by atoms with Crippen LogP contribution >= 0.6 is 0 Å². The highest BCUT2D eigenvalue weighted by Crippen LogP contribution is 2.23. The second kappa shape index (κ2) is 4.37. The largest absolute Gasteiger partial charge is 0.256 e. The molecule has 0 spiro atoms. The zero-order valence-electron chi connectivity index (χ0n) is 10.8. The van der Waals surface area contributed by atoms with Crippen molar-refractivity contribution in [2.24, 2.45) is 0 Å². The average Bonchev–Trinajstić information content (AvgIpc) is 2.43.